The van der Waals surface area contributed by atoms with Crippen LogP contribution in [0.1, 0.15) is 0 Å². The monoisotopic (exact) mass is 413 g/mol. The van der Waals surface area contributed by atoms with E-state index in [9.17, 15) is 0 Å². The maximum atomic E-state index is 0. The van der Waals surface area contributed by atoms with Gasteiger partial charge in [-0.2, -0.15) is 0 Å². The van der Waals surface area contributed by atoms with Crippen LogP contribution in [0.2, 0.25) is 0 Å². The number of hydrogen-bond acceptors (Lipinski definition) is 1. The van der Waals surface area contributed by atoms with Gasteiger partial charge in [-0.1, -0.05) is 40.5 Å². The van der Waals surface area contributed by atoms with Crippen LogP contribution in [0.4, 0.5) is 0 Å². The topological polar surface area (TPSA) is 0 Å². The van der Waals surface area contributed by atoms with Gasteiger partial charge in [-0.25, -0.2) is 0 Å². The molecule has 0 rings (SSSR count). The molecule has 0 aliphatic rings. The van der Waals surface area contributed by atoms with Crippen molar-refractivity contribution in [3.05, 3.63) is 0 Å². The van der Waals surface area contributed by atoms with Gasteiger partial charge in [0.15, 0.2) is 0 Å². The zero-order chi connectivity index (χ0) is 0. The van der Waals surface area contributed by atoms with Crippen molar-refractivity contribution in [1.82, 2.24) is 0 Å². The Morgan fingerprint density at radius 2 is 0.500 bits per heavy atom. The largest absolute Gasteiger partial charge is 0.813 e. The molecular weight excluding hydrogens is 404 g/mol. The Morgan fingerprint density at radius 1 is 0.500 bits per heavy atom. The van der Waals surface area contributed by atoms with E-state index in [0.29, 0.717) is 0 Å². The van der Waals surface area contributed by atoms with Crippen LogP contribution < -0.4 is 0 Å². The fourth-order valence-corrected chi connectivity index (χ4v) is 0. The van der Waals surface area contributed by atoms with Crippen molar-refractivity contribution in [2.24, 2.45) is 0 Å². The second kappa shape index (κ2) is 73.6. The Hall–Kier alpha value is 3.70. The summed E-state index contributed by atoms with van der Waals surface area (Å²) >= 11 is 0. The molecule has 0 aromatic rings. The van der Waals surface area contributed by atoms with E-state index in [4.69, 9.17) is 0 Å². The molecule has 0 bridgehead atoms. The molecule has 67 valence electrons. The summed E-state index contributed by atoms with van der Waals surface area (Å²) in [6.45, 7) is 0. The molecule has 0 nitrogen and oxygen atoms in total. The molecule has 0 fully saturated rings. The standard InChI is InChI=1S/Ag.3Fe.4H2S/h;;;;4*1H2/p+2. The van der Waals surface area contributed by atoms with Crippen molar-refractivity contribution in [2.45, 2.75) is 0 Å². The average molecular weight is 414 g/mol. The molecule has 0 aliphatic heterocycles. The van der Waals surface area contributed by atoms with E-state index < -0.39 is 0 Å². The summed E-state index contributed by atoms with van der Waals surface area (Å²) in [5.41, 5.74) is 0. The van der Waals surface area contributed by atoms with Crippen molar-refractivity contribution in [1.29, 1.82) is 0 Å². The van der Waals surface area contributed by atoms with E-state index in [1.165, 1.54) is 0 Å². The second-order valence-corrected chi connectivity index (χ2v) is 0. The van der Waals surface area contributed by atoms with Gasteiger partial charge < -0.3 is 13.5 Å². The summed E-state index contributed by atoms with van der Waals surface area (Å²) < 4.78 is 0. The van der Waals surface area contributed by atoms with Crippen molar-refractivity contribution in [2.75, 3.05) is 0 Å². The third-order valence-electron chi connectivity index (χ3n) is 0. The molecule has 8 heteroatoms. The molecule has 1 radical (unpaired) electrons. The fourth-order valence-electron chi connectivity index (χ4n) is 0. The summed E-state index contributed by atoms with van der Waals surface area (Å²) in [5, 5.41) is 0. The zero-order valence-corrected chi connectivity index (χ0v) is 12.7. The Labute approximate surface area is 126 Å². The Kier molecular flexibility index (Phi) is 900. The maximum absolute atomic E-state index is 0. The van der Waals surface area contributed by atoms with E-state index in [-0.39, 0.29) is 128 Å². The predicted molar refractivity (Wildman–Crippen MR) is 43.4 cm³/mol. The first-order valence-electron chi connectivity index (χ1n) is 0. The Morgan fingerprint density at radius 3 is 0.500 bits per heavy atom. The molecule has 0 saturated carbocycles. The zero-order valence-electron chi connectivity index (χ0n) is 3.54. The number of rotatable bonds is 0. The minimum absolute atomic E-state index is 0. The SMILES string of the molecule is [Ag].[Fe].[Fe].[Fe].[SH-].[SH3+].[SH3+].[SH3+]. The summed E-state index contributed by atoms with van der Waals surface area (Å²) in [6.07, 6.45) is 0. The first-order chi connectivity index (χ1) is 0. The first kappa shape index (κ1) is 97.9. The quantitative estimate of drug-likeness (QED) is 0.180. The van der Waals surface area contributed by atoms with Crippen LogP contribution in [0.3, 0.4) is 0 Å². The molecular formula is H10AgFe3S4+2. The third kappa shape index (κ3) is 53.6. The fraction of sp³-hybridized carbons (Fsp3) is 0. The van der Waals surface area contributed by atoms with Crippen LogP contribution >= 0.6 is 0 Å². The minimum Gasteiger partial charge on any atom is -0.813 e. The molecule has 0 amide bonds. The molecule has 0 aromatic heterocycles. The Bertz CT molecular complexity index is 11.2. The van der Waals surface area contributed by atoms with Crippen LogP contribution in [0.5, 0.6) is 0 Å². The van der Waals surface area contributed by atoms with Gasteiger partial charge in [0.05, 0.1) is 0 Å². The smallest absolute Gasteiger partial charge is 0 e. The number of thiol groups is 1. The second-order valence-electron chi connectivity index (χ2n) is 0. The molecule has 0 aromatic carbocycles. The van der Waals surface area contributed by atoms with Gasteiger partial charge in [0, 0.05) is 73.6 Å². The van der Waals surface area contributed by atoms with Crippen LogP contribution in [-0.2, 0) is 128 Å². The summed E-state index contributed by atoms with van der Waals surface area (Å²) in [4.78, 5) is 0. The van der Waals surface area contributed by atoms with Gasteiger partial charge in [-0.3, -0.25) is 0 Å². The van der Waals surface area contributed by atoms with Crippen LogP contribution in [0.25, 0.3) is 0 Å². The van der Waals surface area contributed by atoms with E-state index in [1.54, 1.807) is 0 Å². The first-order valence-corrected chi connectivity index (χ1v) is 0. The molecule has 0 aliphatic carbocycles. The van der Waals surface area contributed by atoms with Crippen LogP contribution in [-0.4, -0.2) is 0 Å². The molecule has 0 unspecified atom stereocenters. The molecule has 0 N–H and O–H groups in total. The Balaban J connectivity index is 0. The molecule has 0 saturated heterocycles. The van der Waals surface area contributed by atoms with E-state index in [0.717, 1.165) is 0 Å². The maximum Gasteiger partial charge on any atom is 0 e. The van der Waals surface area contributed by atoms with Gasteiger partial charge in [0.2, 0.25) is 0 Å². The van der Waals surface area contributed by atoms with Gasteiger partial charge in [0.25, 0.3) is 0 Å². The van der Waals surface area contributed by atoms with Crippen molar-refractivity contribution >= 4 is 54.0 Å². The summed E-state index contributed by atoms with van der Waals surface area (Å²) in [7, 11) is 0. The normalized spacial score (nSPS) is 0. The van der Waals surface area contributed by atoms with Gasteiger partial charge in [-0.15, -0.1) is 0 Å². The molecule has 0 heterocycles. The molecule has 8 heavy (non-hydrogen) atoms. The minimum atomic E-state index is 0. The predicted octanol–water partition coefficient (Wildman–Crippen LogP) is -2.70. The van der Waals surface area contributed by atoms with Crippen LogP contribution in [0, 0.1) is 0 Å². The third-order valence-corrected chi connectivity index (χ3v) is 0. The van der Waals surface area contributed by atoms with E-state index >= 15 is 0 Å². The molecule has 0 atom stereocenters. The summed E-state index contributed by atoms with van der Waals surface area (Å²) in [6, 6.07) is 0. The average Bonchev–Trinajstić information content (AvgIpc) is 0. The van der Waals surface area contributed by atoms with Crippen molar-refractivity contribution < 1.29 is 73.6 Å². The van der Waals surface area contributed by atoms with E-state index in [2.05, 4.69) is 0 Å². The summed E-state index contributed by atoms with van der Waals surface area (Å²) in [5.74, 6) is 0. The van der Waals surface area contributed by atoms with Crippen LogP contribution in [0.15, 0.2) is 0 Å². The van der Waals surface area contributed by atoms with Crippen molar-refractivity contribution in [3.8, 4) is 0 Å². The van der Waals surface area contributed by atoms with Gasteiger partial charge in [0.1, 0.15) is 0 Å². The van der Waals surface area contributed by atoms with Gasteiger partial charge >= 0.3 is 0 Å². The van der Waals surface area contributed by atoms with E-state index in [1.807, 2.05) is 0 Å². The molecule has 0 spiro atoms. The van der Waals surface area contributed by atoms with Crippen molar-refractivity contribution in [3.63, 3.8) is 0 Å². The van der Waals surface area contributed by atoms with Gasteiger partial charge in [-0.05, 0) is 0 Å². The number of hydrogen-bond donors (Lipinski definition) is 0.